The van der Waals surface area contributed by atoms with Crippen LogP contribution in [-0.4, -0.2) is 37.1 Å². The minimum atomic E-state index is -0.925. The van der Waals surface area contributed by atoms with Gasteiger partial charge < -0.3 is 5.11 Å². The molecule has 5 nitrogen and oxygen atoms in total. The molecule has 0 bridgehead atoms. The second-order valence-corrected chi connectivity index (χ2v) is 6.95. The van der Waals surface area contributed by atoms with E-state index in [1.54, 1.807) is 16.8 Å². The van der Waals surface area contributed by atoms with Crippen LogP contribution in [-0.2, 0) is 6.54 Å². The van der Waals surface area contributed by atoms with Crippen LogP contribution in [0, 0.1) is 0 Å². The van der Waals surface area contributed by atoms with Gasteiger partial charge in [-0.05, 0) is 31.2 Å². The fourth-order valence-corrected chi connectivity index (χ4v) is 4.16. The number of fused-ring (bicyclic) bond motifs is 1. The zero-order valence-corrected chi connectivity index (χ0v) is 12.9. The molecular formula is C15H19N3O2S. The molecule has 112 valence electrons. The summed E-state index contributed by atoms with van der Waals surface area (Å²) in [6.45, 7) is 0.731. The Balaban J connectivity index is 2.02. The third kappa shape index (κ3) is 2.64. The second kappa shape index (κ2) is 5.67. The lowest BCUT2D eigenvalue weighted by atomic mass is 9.88. The molecule has 1 heterocycles. The lowest BCUT2D eigenvalue weighted by Crippen LogP contribution is -2.33. The van der Waals surface area contributed by atoms with Crippen molar-refractivity contribution in [3.8, 4) is 0 Å². The minimum absolute atomic E-state index is 0.157. The summed E-state index contributed by atoms with van der Waals surface area (Å²) in [7, 11) is 0. The topological polar surface area (TPSA) is 68.0 Å². The van der Waals surface area contributed by atoms with Crippen molar-refractivity contribution < 1.29 is 9.90 Å². The van der Waals surface area contributed by atoms with Crippen molar-refractivity contribution in [2.24, 2.45) is 0 Å². The molecule has 0 unspecified atom stereocenters. The SMILES string of the molecule is CSC1(Cn2nnc3cccc(C(=O)O)c32)CCCCC1. The van der Waals surface area contributed by atoms with Crippen LogP contribution < -0.4 is 0 Å². The first-order valence-corrected chi connectivity index (χ1v) is 8.48. The molecule has 1 N–H and O–H groups in total. The molecule has 1 aliphatic carbocycles. The van der Waals surface area contributed by atoms with E-state index < -0.39 is 5.97 Å². The van der Waals surface area contributed by atoms with E-state index in [9.17, 15) is 9.90 Å². The zero-order valence-electron chi connectivity index (χ0n) is 12.1. The molecule has 1 saturated carbocycles. The molecule has 21 heavy (non-hydrogen) atoms. The maximum Gasteiger partial charge on any atom is 0.337 e. The van der Waals surface area contributed by atoms with Gasteiger partial charge in [0.2, 0.25) is 0 Å². The quantitative estimate of drug-likeness (QED) is 0.939. The Hall–Kier alpha value is -1.56. The van der Waals surface area contributed by atoms with Gasteiger partial charge in [-0.3, -0.25) is 0 Å². The van der Waals surface area contributed by atoms with E-state index in [1.165, 1.54) is 19.3 Å². The molecule has 0 saturated heterocycles. The molecule has 0 radical (unpaired) electrons. The number of carboxylic acid groups (broad SMARTS) is 1. The average Bonchev–Trinajstić information content (AvgIpc) is 2.91. The van der Waals surface area contributed by atoms with Crippen LogP contribution in [0.1, 0.15) is 42.5 Å². The summed E-state index contributed by atoms with van der Waals surface area (Å²) in [5.41, 5.74) is 1.58. The molecule has 6 heteroatoms. The van der Waals surface area contributed by atoms with Gasteiger partial charge in [-0.1, -0.05) is 30.5 Å². The number of benzene rings is 1. The van der Waals surface area contributed by atoms with Crippen LogP contribution in [0.2, 0.25) is 0 Å². The smallest absolute Gasteiger partial charge is 0.337 e. The van der Waals surface area contributed by atoms with Crippen molar-refractivity contribution in [1.82, 2.24) is 15.0 Å². The molecule has 0 amide bonds. The number of thioether (sulfide) groups is 1. The van der Waals surface area contributed by atoms with Crippen molar-refractivity contribution >= 4 is 28.8 Å². The third-order valence-corrected chi connectivity index (χ3v) is 5.80. The molecule has 1 aromatic carbocycles. The van der Waals surface area contributed by atoms with Gasteiger partial charge >= 0.3 is 5.97 Å². The molecule has 1 fully saturated rings. The first-order valence-electron chi connectivity index (χ1n) is 7.26. The van der Waals surface area contributed by atoms with Crippen LogP contribution in [0.15, 0.2) is 18.2 Å². The van der Waals surface area contributed by atoms with Crippen molar-refractivity contribution in [2.45, 2.75) is 43.4 Å². The van der Waals surface area contributed by atoms with Crippen molar-refractivity contribution in [3.05, 3.63) is 23.8 Å². The maximum absolute atomic E-state index is 11.4. The van der Waals surface area contributed by atoms with Crippen LogP contribution in [0.3, 0.4) is 0 Å². The Morgan fingerprint density at radius 3 is 2.81 bits per heavy atom. The summed E-state index contributed by atoms with van der Waals surface area (Å²) in [5, 5.41) is 17.7. The number of aromatic nitrogens is 3. The van der Waals surface area contributed by atoms with E-state index in [-0.39, 0.29) is 10.3 Å². The van der Waals surface area contributed by atoms with E-state index in [2.05, 4.69) is 16.6 Å². The van der Waals surface area contributed by atoms with E-state index in [0.29, 0.717) is 11.0 Å². The van der Waals surface area contributed by atoms with Crippen LogP contribution in [0.4, 0.5) is 0 Å². The molecule has 3 rings (SSSR count). The first-order chi connectivity index (χ1) is 10.2. The lowest BCUT2D eigenvalue weighted by Gasteiger charge is -2.35. The Kier molecular flexibility index (Phi) is 3.89. The number of carbonyl (C=O) groups is 1. The fraction of sp³-hybridized carbons (Fsp3) is 0.533. The number of nitrogens with zero attached hydrogens (tertiary/aromatic N) is 3. The number of aromatic carboxylic acids is 1. The Morgan fingerprint density at radius 2 is 2.14 bits per heavy atom. The number of hydrogen-bond acceptors (Lipinski definition) is 4. The molecular weight excluding hydrogens is 286 g/mol. The van der Waals surface area contributed by atoms with E-state index in [1.807, 2.05) is 17.8 Å². The number of carboxylic acids is 1. The van der Waals surface area contributed by atoms with Crippen LogP contribution in [0.5, 0.6) is 0 Å². The van der Waals surface area contributed by atoms with Crippen molar-refractivity contribution in [3.63, 3.8) is 0 Å². The molecule has 0 atom stereocenters. The molecule has 2 aromatic rings. The minimum Gasteiger partial charge on any atom is -0.478 e. The second-order valence-electron chi connectivity index (χ2n) is 5.67. The van der Waals surface area contributed by atoms with Crippen LogP contribution in [0.25, 0.3) is 11.0 Å². The Labute approximate surface area is 127 Å². The molecule has 0 aliphatic heterocycles. The van der Waals surface area contributed by atoms with E-state index >= 15 is 0 Å². The monoisotopic (exact) mass is 305 g/mol. The van der Waals surface area contributed by atoms with Gasteiger partial charge in [-0.25, -0.2) is 9.48 Å². The maximum atomic E-state index is 11.4. The summed E-state index contributed by atoms with van der Waals surface area (Å²) in [4.78, 5) is 11.4. The van der Waals surface area contributed by atoms with E-state index in [0.717, 1.165) is 19.4 Å². The lowest BCUT2D eigenvalue weighted by molar-refractivity contribution is 0.0698. The highest BCUT2D eigenvalue weighted by molar-refractivity contribution is 8.00. The predicted octanol–water partition coefficient (Wildman–Crippen LogP) is 3.20. The highest BCUT2D eigenvalue weighted by Gasteiger charge is 2.33. The van der Waals surface area contributed by atoms with Gasteiger partial charge in [-0.15, -0.1) is 5.10 Å². The van der Waals surface area contributed by atoms with Gasteiger partial charge in [0.1, 0.15) is 11.0 Å². The summed E-state index contributed by atoms with van der Waals surface area (Å²) >= 11 is 1.88. The summed E-state index contributed by atoms with van der Waals surface area (Å²) in [6.07, 6.45) is 8.22. The van der Waals surface area contributed by atoms with Gasteiger partial charge in [0.05, 0.1) is 12.1 Å². The van der Waals surface area contributed by atoms with Gasteiger partial charge in [0, 0.05) is 4.75 Å². The van der Waals surface area contributed by atoms with Gasteiger partial charge in [0.25, 0.3) is 0 Å². The third-order valence-electron chi connectivity index (χ3n) is 4.40. The van der Waals surface area contributed by atoms with Gasteiger partial charge in [0.15, 0.2) is 0 Å². The molecule has 1 aliphatic rings. The normalized spacial score (nSPS) is 18.0. The number of rotatable bonds is 4. The Bertz CT molecular complexity index is 662. The van der Waals surface area contributed by atoms with Gasteiger partial charge in [-0.2, -0.15) is 11.8 Å². The molecule has 0 spiro atoms. The van der Waals surface area contributed by atoms with Crippen molar-refractivity contribution in [1.29, 1.82) is 0 Å². The average molecular weight is 305 g/mol. The fourth-order valence-electron chi connectivity index (χ4n) is 3.21. The molecule has 1 aromatic heterocycles. The highest BCUT2D eigenvalue weighted by Crippen LogP contribution is 2.40. The summed E-state index contributed by atoms with van der Waals surface area (Å²) in [5.74, 6) is -0.925. The number of para-hydroxylation sites is 1. The van der Waals surface area contributed by atoms with Crippen LogP contribution >= 0.6 is 11.8 Å². The largest absolute Gasteiger partial charge is 0.478 e. The number of hydrogen-bond donors (Lipinski definition) is 1. The standard InChI is InChI=1S/C15H19N3O2S/c1-21-15(8-3-2-4-9-15)10-18-13-11(14(19)20)6-5-7-12(13)16-17-18/h5-7H,2-4,8-10H2,1H3,(H,19,20). The first kappa shape index (κ1) is 14.4. The van der Waals surface area contributed by atoms with Crippen molar-refractivity contribution in [2.75, 3.05) is 6.26 Å². The summed E-state index contributed by atoms with van der Waals surface area (Å²) < 4.78 is 1.95. The highest BCUT2D eigenvalue weighted by atomic mass is 32.2. The predicted molar refractivity (Wildman–Crippen MR) is 83.8 cm³/mol. The Morgan fingerprint density at radius 1 is 1.38 bits per heavy atom. The van der Waals surface area contributed by atoms with E-state index in [4.69, 9.17) is 0 Å². The summed E-state index contributed by atoms with van der Waals surface area (Å²) in [6, 6.07) is 5.16. The zero-order chi connectivity index (χ0) is 14.9.